The summed E-state index contributed by atoms with van der Waals surface area (Å²) in [5.74, 6) is 0.811. The first-order valence-corrected chi connectivity index (χ1v) is 7.96. The Labute approximate surface area is 128 Å². The number of anilines is 1. The van der Waals surface area contributed by atoms with Crippen LogP contribution in [0.1, 0.15) is 56.2 Å². The lowest BCUT2D eigenvalue weighted by Gasteiger charge is -2.19. The largest absolute Gasteiger partial charge is 0.381 e. The Morgan fingerprint density at radius 3 is 2.24 bits per heavy atom. The summed E-state index contributed by atoms with van der Waals surface area (Å²) < 4.78 is 0. The van der Waals surface area contributed by atoms with E-state index >= 15 is 0 Å². The minimum Gasteiger partial charge on any atom is -0.381 e. The summed E-state index contributed by atoms with van der Waals surface area (Å²) in [6.45, 7) is 7.67. The van der Waals surface area contributed by atoms with Gasteiger partial charge in [0.1, 0.15) is 0 Å². The summed E-state index contributed by atoms with van der Waals surface area (Å²) in [4.78, 5) is 0. The van der Waals surface area contributed by atoms with Crippen LogP contribution in [-0.2, 0) is 12.0 Å². The van der Waals surface area contributed by atoms with Crippen molar-refractivity contribution in [3.8, 4) is 0 Å². The number of hydrogen-bond acceptors (Lipinski definition) is 1. The first kappa shape index (κ1) is 14.2. The predicted octanol–water partition coefficient (Wildman–Crippen LogP) is 5.47. The van der Waals surface area contributed by atoms with Gasteiger partial charge in [-0.1, -0.05) is 57.2 Å². The van der Waals surface area contributed by atoms with Crippen LogP contribution in [0.25, 0.3) is 0 Å². The maximum Gasteiger partial charge on any atom is 0.0403 e. The van der Waals surface area contributed by atoms with E-state index in [4.69, 9.17) is 0 Å². The first-order valence-electron chi connectivity index (χ1n) is 7.96. The molecule has 0 heterocycles. The van der Waals surface area contributed by atoms with Crippen LogP contribution in [0.2, 0.25) is 0 Å². The highest BCUT2D eigenvalue weighted by atomic mass is 14.9. The van der Waals surface area contributed by atoms with Gasteiger partial charge < -0.3 is 5.32 Å². The Balaban J connectivity index is 1.68. The SMILES string of the molecule is CC(C)(C)c1ccc(NCc2ccccc2C2CC2)cc1. The van der Waals surface area contributed by atoms with Crippen molar-refractivity contribution in [2.45, 2.75) is 51.5 Å². The van der Waals surface area contributed by atoms with Gasteiger partial charge in [0.05, 0.1) is 0 Å². The third kappa shape index (κ3) is 3.47. The van der Waals surface area contributed by atoms with Gasteiger partial charge in [0, 0.05) is 12.2 Å². The van der Waals surface area contributed by atoms with E-state index in [-0.39, 0.29) is 5.41 Å². The van der Waals surface area contributed by atoms with Crippen molar-refractivity contribution < 1.29 is 0 Å². The van der Waals surface area contributed by atoms with Crippen molar-refractivity contribution >= 4 is 5.69 Å². The molecule has 2 aromatic carbocycles. The highest BCUT2D eigenvalue weighted by Crippen LogP contribution is 2.41. The summed E-state index contributed by atoms with van der Waals surface area (Å²) in [7, 11) is 0. The zero-order valence-electron chi connectivity index (χ0n) is 13.3. The Hall–Kier alpha value is -1.76. The van der Waals surface area contributed by atoms with E-state index in [1.165, 1.54) is 35.2 Å². The zero-order chi connectivity index (χ0) is 14.9. The Bertz CT molecular complexity index is 600. The molecule has 2 aromatic rings. The molecule has 0 atom stereocenters. The van der Waals surface area contributed by atoms with Crippen molar-refractivity contribution in [3.63, 3.8) is 0 Å². The van der Waals surface area contributed by atoms with Crippen LogP contribution < -0.4 is 5.32 Å². The molecule has 1 saturated carbocycles. The minimum absolute atomic E-state index is 0.219. The number of nitrogens with one attached hydrogen (secondary N) is 1. The van der Waals surface area contributed by atoms with E-state index in [0.29, 0.717) is 0 Å². The molecule has 1 nitrogen and oxygen atoms in total. The van der Waals surface area contributed by atoms with Crippen LogP contribution in [0.4, 0.5) is 5.69 Å². The molecule has 3 rings (SSSR count). The average molecular weight is 279 g/mol. The van der Waals surface area contributed by atoms with Gasteiger partial charge in [0.2, 0.25) is 0 Å². The molecule has 0 amide bonds. The van der Waals surface area contributed by atoms with Crippen molar-refractivity contribution in [3.05, 3.63) is 65.2 Å². The van der Waals surface area contributed by atoms with E-state index in [2.05, 4.69) is 74.6 Å². The third-order valence-electron chi connectivity index (χ3n) is 4.31. The molecule has 0 radical (unpaired) electrons. The number of hydrogen-bond donors (Lipinski definition) is 1. The summed E-state index contributed by atoms with van der Waals surface area (Å²) >= 11 is 0. The third-order valence-corrected chi connectivity index (χ3v) is 4.31. The van der Waals surface area contributed by atoms with Crippen LogP contribution >= 0.6 is 0 Å². The summed E-state index contributed by atoms with van der Waals surface area (Å²) in [5.41, 5.74) is 5.79. The average Bonchev–Trinajstić information content (AvgIpc) is 3.29. The Morgan fingerprint density at radius 1 is 0.952 bits per heavy atom. The van der Waals surface area contributed by atoms with Gasteiger partial charge in [0.25, 0.3) is 0 Å². The van der Waals surface area contributed by atoms with Crippen molar-refractivity contribution in [2.75, 3.05) is 5.32 Å². The lowest BCUT2D eigenvalue weighted by Crippen LogP contribution is -2.10. The van der Waals surface area contributed by atoms with Crippen molar-refractivity contribution in [1.82, 2.24) is 0 Å². The topological polar surface area (TPSA) is 12.0 Å². The van der Waals surface area contributed by atoms with E-state index in [1.54, 1.807) is 0 Å². The molecule has 110 valence electrons. The molecule has 21 heavy (non-hydrogen) atoms. The summed E-state index contributed by atoms with van der Waals surface area (Å²) in [6, 6.07) is 17.7. The van der Waals surface area contributed by atoms with Gasteiger partial charge in [0.15, 0.2) is 0 Å². The van der Waals surface area contributed by atoms with Crippen molar-refractivity contribution in [1.29, 1.82) is 0 Å². The lowest BCUT2D eigenvalue weighted by molar-refractivity contribution is 0.590. The van der Waals surface area contributed by atoms with Crippen molar-refractivity contribution in [2.24, 2.45) is 0 Å². The molecule has 0 aromatic heterocycles. The highest BCUT2D eigenvalue weighted by molar-refractivity contribution is 5.47. The second-order valence-corrected chi connectivity index (χ2v) is 7.15. The molecular weight excluding hydrogens is 254 g/mol. The Morgan fingerprint density at radius 2 is 1.62 bits per heavy atom. The predicted molar refractivity (Wildman–Crippen MR) is 90.9 cm³/mol. The van der Waals surface area contributed by atoms with Crippen LogP contribution in [0.3, 0.4) is 0 Å². The number of benzene rings is 2. The standard InChI is InChI=1S/C20H25N/c1-20(2,3)17-10-12-18(13-11-17)21-14-16-6-4-5-7-19(16)15-8-9-15/h4-7,10-13,15,21H,8-9,14H2,1-3H3. The molecule has 0 unspecified atom stereocenters. The summed E-state index contributed by atoms with van der Waals surface area (Å²) in [5, 5.41) is 3.56. The van der Waals surface area contributed by atoms with Gasteiger partial charge in [-0.05, 0) is 53.0 Å². The fourth-order valence-electron chi connectivity index (χ4n) is 2.77. The molecule has 0 spiro atoms. The van der Waals surface area contributed by atoms with E-state index in [1.807, 2.05) is 0 Å². The molecule has 1 aliphatic carbocycles. The van der Waals surface area contributed by atoms with Gasteiger partial charge in [-0.25, -0.2) is 0 Å². The zero-order valence-corrected chi connectivity index (χ0v) is 13.3. The summed E-state index contributed by atoms with van der Waals surface area (Å²) in [6.07, 6.45) is 2.72. The maximum atomic E-state index is 3.56. The van der Waals surface area contributed by atoms with Gasteiger partial charge in [-0.15, -0.1) is 0 Å². The molecule has 0 saturated heterocycles. The highest BCUT2D eigenvalue weighted by Gasteiger charge is 2.25. The monoisotopic (exact) mass is 279 g/mol. The quantitative estimate of drug-likeness (QED) is 0.782. The smallest absolute Gasteiger partial charge is 0.0403 e. The normalized spacial score (nSPS) is 15.0. The molecule has 1 fully saturated rings. The molecule has 0 bridgehead atoms. The lowest BCUT2D eigenvalue weighted by atomic mass is 9.87. The number of rotatable bonds is 4. The van der Waals surface area contributed by atoms with Gasteiger partial charge in [-0.2, -0.15) is 0 Å². The van der Waals surface area contributed by atoms with Crippen LogP contribution in [0.15, 0.2) is 48.5 Å². The van der Waals surface area contributed by atoms with Crippen LogP contribution in [-0.4, -0.2) is 0 Å². The molecular formula is C20H25N. The first-order chi connectivity index (χ1) is 10.0. The molecule has 1 aliphatic rings. The fourth-order valence-corrected chi connectivity index (χ4v) is 2.77. The Kier molecular flexibility index (Phi) is 3.75. The van der Waals surface area contributed by atoms with E-state index < -0.39 is 0 Å². The second-order valence-electron chi connectivity index (χ2n) is 7.15. The second kappa shape index (κ2) is 5.55. The molecule has 0 aliphatic heterocycles. The molecule has 1 heteroatoms. The minimum atomic E-state index is 0.219. The van der Waals surface area contributed by atoms with Gasteiger partial charge >= 0.3 is 0 Å². The van der Waals surface area contributed by atoms with Crippen LogP contribution in [0.5, 0.6) is 0 Å². The van der Waals surface area contributed by atoms with Gasteiger partial charge in [-0.3, -0.25) is 0 Å². The maximum absolute atomic E-state index is 3.56. The van der Waals surface area contributed by atoms with Crippen LogP contribution in [0, 0.1) is 0 Å². The fraction of sp³-hybridized carbons (Fsp3) is 0.400. The molecule has 1 N–H and O–H groups in total. The van der Waals surface area contributed by atoms with E-state index in [9.17, 15) is 0 Å². The van der Waals surface area contributed by atoms with E-state index in [0.717, 1.165) is 12.5 Å².